The summed E-state index contributed by atoms with van der Waals surface area (Å²) >= 11 is 0. The number of methoxy groups -OCH3 is 1. The van der Waals surface area contributed by atoms with Gasteiger partial charge in [-0.05, 0) is 49.6 Å². The van der Waals surface area contributed by atoms with E-state index in [0.29, 0.717) is 17.9 Å². The third kappa shape index (κ3) is 7.65. The van der Waals surface area contributed by atoms with E-state index in [0.717, 1.165) is 16.8 Å². The number of nitrogens with one attached hydrogen (secondary N) is 2. The van der Waals surface area contributed by atoms with Crippen LogP contribution in [0.15, 0.2) is 42.5 Å². The van der Waals surface area contributed by atoms with Crippen LogP contribution in [0.4, 0.5) is 11.4 Å². The minimum absolute atomic E-state index is 0.0622. The van der Waals surface area contributed by atoms with Crippen molar-refractivity contribution < 1.29 is 23.9 Å². The second-order valence-electron chi connectivity index (χ2n) is 6.66. The maximum Gasteiger partial charge on any atom is 0.306 e. The first-order valence-corrected chi connectivity index (χ1v) is 9.34. The Morgan fingerprint density at radius 2 is 1.72 bits per heavy atom. The molecule has 0 saturated heterocycles. The fourth-order valence-electron chi connectivity index (χ4n) is 2.59. The third-order valence-corrected chi connectivity index (χ3v) is 4.17. The van der Waals surface area contributed by atoms with Crippen LogP contribution >= 0.6 is 0 Å². The summed E-state index contributed by atoms with van der Waals surface area (Å²) in [5.41, 5.74) is 3.35. The van der Waals surface area contributed by atoms with E-state index in [1.54, 1.807) is 24.3 Å². The molecule has 0 bridgehead atoms. The molecule has 154 valence electrons. The van der Waals surface area contributed by atoms with E-state index in [9.17, 15) is 14.4 Å². The quantitative estimate of drug-likeness (QED) is 0.630. The first kappa shape index (κ1) is 21.9. The zero-order chi connectivity index (χ0) is 21.2. The van der Waals surface area contributed by atoms with Crippen LogP contribution in [0.2, 0.25) is 0 Å². The standard InChI is InChI=1S/C22H26N2O5/c1-15-10-11-16(2)19(12-15)24-20(25)8-5-9-22(27)29-14-21(26)23-17-6-4-7-18(13-17)28-3/h4,6-7,10-13H,5,8-9,14H2,1-3H3,(H,23,26)(H,24,25). The van der Waals surface area contributed by atoms with Crippen molar-refractivity contribution in [1.29, 1.82) is 0 Å². The fourth-order valence-corrected chi connectivity index (χ4v) is 2.59. The van der Waals surface area contributed by atoms with E-state index >= 15 is 0 Å². The first-order valence-electron chi connectivity index (χ1n) is 9.34. The van der Waals surface area contributed by atoms with Crippen LogP contribution in [-0.2, 0) is 19.1 Å². The lowest BCUT2D eigenvalue weighted by atomic mass is 10.1. The minimum atomic E-state index is -0.523. The van der Waals surface area contributed by atoms with Gasteiger partial charge in [0.25, 0.3) is 5.91 Å². The molecule has 0 aliphatic heterocycles. The lowest BCUT2D eigenvalue weighted by Gasteiger charge is -2.09. The molecule has 0 aromatic heterocycles. The number of carbonyl (C=O) groups is 3. The van der Waals surface area contributed by atoms with Gasteiger partial charge in [-0.15, -0.1) is 0 Å². The van der Waals surface area contributed by atoms with Gasteiger partial charge in [0.1, 0.15) is 5.75 Å². The highest BCUT2D eigenvalue weighted by Crippen LogP contribution is 2.17. The highest BCUT2D eigenvalue weighted by atomic mass is 16.5. The molecular formula is C22H26N2O5. The van der Waals surface area contributed by atoms with Crippen molar-refractivity contribution in [1.82, 2.24) is 0 Å². The number of ether oxygens (including phenoxy) is 2. The molecule has 7 nitrogen and oxygen atoms in total. The van der Waals surface area contributed by atoms with Gasteiger partial charge in [0.15, 0.2) is 6.61 Å². The largest absolute Gasteiger partial charge is 0.497 e. The monoisotopic (exact) mass is 398 g/mol. The number of anilines is 2. The van der Waals surface area contributed by atoms with Gasteiger partial charge in [0.05, 0.1) is 7.11 Å². The summed E-state index contributed by atoms with van der Waals surface area (Å²) in [6.07, 6.45) is 0.595. The van der Waals surface area contributed by atoms with Crippen molar-refractivity contribution >= 4 is 29.2 Å². The summed E-state index contributed by atoms with van der Waals surface area (Å²) in [7, 11) is 1.53. The molecule has 7 heteroatoms. The number of amides is 2. The molecule has 29 heavy (non-hydrogen) atoms. The zero-order valence-corrected chi connectivity index (χ0v) is 16.9. The van der Waals surface area contributed by atoms with Crippen LogP contribution in [0, 0.1) is 13.8 Å². The van der Waals surface area contributed by atoms with Crippen molar-refractivity contribution in [2.45, 2.75) is 33.1 Å². The molecule has 0 aliphatic rings. The van der Waals surface area contributed by atoms with Crippen LogP contribution in [0.25, 0.3) is 0 Å². The molecule has 0 aliphatic carbocycles. The van der Waals surface area contributed by atoms with Gasteiger partial charge >= 0.3 is 5.97 Å². The Morgan fingerprint density at radius 1 is 0.931 bits per heavy atom. The van der Waals surface area contributed by atoms with Gasteiger partial charge in [-0.1, -0.05) is 18.2 Å². The Labute approximate surface area is 170 Å². The fraction of sp³-hybridized carbons (Fsp3) is 0.318. The van der Waals surface area contributed by atoms with Crippen molar-refractivity contribution in [2.24, 2.45) is 0 Å². The summed E-state index contributed by atoms with van der Waals surface area (Å²) in [6, 6.07) is 12.7. The molecule has 0 heterocycles. The van der Waals surface area contributed by atoms with Crippen molar-refractivity contribution in [3.8, 4) is 5.75 Å². The molecule has 0 radical (unpaired) electrons. The smallest absolute Gasteiger partial charge is 0.306 e. The van der Waals surface area contributed by atoms with E-state index in [1.807, 2.05) is 32.0 Å². The van der Waals surface area contributed by atoms with Crippen molar-refractivity contribution in [2.75, 3.05) is 24.4 Å². The summed E-state index contributed by atoms with van der Waals surface area (Å²) in [6.45, 7) is 3.49. The van der Waals surface area contributed by atoms with Gasteiger partial charge in [-0.3, -0.25) is 14.4 Å². The number of carbonyl (C=O) groups excluding carboxylic acids is 3. The molecule has 2 N–H and O–H groups in total. The molecule has 0 saturated carbocycles. The normalized spacial score (nSPS) is 10.2. The summed E-state index contributed by atoms with van der Waals surface area (Å²) in [5, 5.41) is 5.47. The van der Waals surface area contributed by atoms with Gasteiger partial charge in [-0.2, -0.15) is 0 Å². The SMILES string of the molecule is COc1cccc(NC(=O)COC(=O)CCCC(=O)Nc2cc(C)ccc2C)c1. The van der Waals surface area contributed by atoms with Crippen LogP contribution in [0.1, 0.15) is 30.4 Å². The van der Waals surface area contributed by atoms with Gasteiger partial charge in [-0.25, -0.2) is 0 Å². The molecule has 2 aromatic rings. The molecule has 2 aromatic carbocycles. The van der Waals surface area contributed by atoms with Crippen molar-refractivity contribution in [3.63, 3.8) is 0 Å². The second-order valence-corrected chi connectivity index (χ2v) is 6.66. The summed E-state index contributed by atoms with van der Waals surface area (Å²) < 4.78 is 10.0. The molecule has 0 fully saturated rings. The van der Waals surface area contributed by atoms with E-state index in [-0.39, 0.29) is 25.4 Å². The van der Waals surface area contributed by atoms with Crippen LogP contribution in [0.3, 0.4) is 0 Å². The van der Waals surface area contributed by atoms with Crippen LogP contribution in [-0.4, -0.2) is 31.5 Å². The maximum atomic E-state index is 12.0. The lowest BCUT2D eigenvalue weighted by molar-refractivity contribution is -0.147. The number of aryl methyl sites for hydroxylation is 2. The molecule has 2 rings (SSSR count). The maximum absolute atomic E-state index is 12.0. The Morgan fingerprint density at radius 3 is 2.48 bits per heavy atom. The van der Waals surface area contributed by atoms with Crippen LogP contribution < -0.4 is 15.4 Å². The first-order chi connectivity index (χ1) is 13.9. The average Bonchev–Trinajstić information content (AvgIpc) is 2.69. The Balaban J connectivity index is 1.66. The summed E-state index contributed by atoms with van der Waals surface area (Å²) in [5.74, 6) is -0.522. The molecule has 2 amide bonds. The highest BCUT2D eigenvalue weighted by Gasteiger charge is 2.10. The average molecular weight is 398 g/mol. The Kier molecular flexibility index (Phi) is 8.21. The Hall–Kier alpha value is -3.35. The molecule has 0 unspecified atom stereocenters. The zero-order valence-electron chi connectivity index (χ0n) is 16.9. The van der Waals surface area contributed by atoms with Gasteiger partial charge in [0.2, 0.25) is 5.91 Å². The number of esters is 1. The predicted molar refractivity (Wildman–Crippen MR) is 111 cm³/mol. The Bertz CT molecular complexity index is 879. The van der Waals surface area contributed by atoms with Crippen LogP contribution in [0.5, 0.6) is 5.75 Å². The minimum Gasteiger partial charge on any atom is -0.497 e. The van der Waals surface area contributed by atoms with E-state index < -0.39 is 11.9 Å². The van der Waals surface area contributed by atoms with E-state index in [4.69, 9.17) is 9.47 Å². The second kappa shape index (κ2) is 10.8. The van der Waals surface area contributed by atoms with E-state index in [1.165, 1.54) is 7.11 Å². The topological polar surface area (TPSA) is 93.7 Å². The number of hydrogen-bond donors (Lipinski definition) is 2. The molecule has 0 spiro atoms. The number of benzene rings is 2. The number of hydrogen-bond acceptors (Lipinski definition) is 5. The molecule has 0 atom stereocenters. The highest BCUT2D eigenvalue weighted by molar-refractivity contribution is 5.93. The number of rotatable bonds is 9. The van der Waals surface area contributed by atoms with Crippen molar-refractivity contribution in [3.05, 3.63) is 53.6 Å². The van der Waals surface area contributed by atoms with Gasteiger partial charge in [0, 0.05) is 30.3 Å². The predicted octanol–water partition coefficient (Wildman–Crippen LogP) is 3.60. The third-order valence-electron chi connectivity index (χ3n) is 4.17. The lowest BCUT2D eigenvalue weighted by Crippen LogP contribution is -2.21. The molecular weight excluding hydrogens is 372 g/mol. The van der Waals surface area contributed by atoms with Gasteiger partial charge < -0.3 is 20.1 Å². The van der Waals surface area contributed by atoms with E-state index in [2.05, 4.69) is 10.6 Å². The summed E-state index contributed by atoms with van der Waals surface area (Å²) in [4.78, 5) is 35.7.